The summed E-state index contributed by atoms with van der Waals surface area (Å²) in [4.78, 5) is 5.06. The normalized spacial score (nSPS) is 11.5. The third-order valence-electron chi connectivity index (χ3n) is 10.7. The predicted octanol–water partition coefficient (Wildman–Crippen LogP) is 13.8. The highest BCUT2D eigenvalue weighted by Crippen LogP contribution is 2.37. The van der Waals surface area contributed by atoms with E-state index in [9.17, 15) is 0 Å². The first-order chi connectivity index (χ1) is 25.8. The number of aryl methyl sites for hydroxylation is 4. The van der Waals surface area contributed by atoms with E-state index in [1.54, 1.807) is 0 Å². The molecular formula is C51H47N. The van der Waals surface area contributed by atoms with Gasteiger partial charge < -0.3 is 0 Å². The van der Waals surface area contributed by atoms with Crippen molar-refractivity contribution in [1.82, 2.24) is 4.98 Å². The Morgan fingerprint density at radius 3 is 1.31 bits per heavy atom. The van der Waals surface area contributed by atoms with Crippen LogP contribution in [-0.4, -0.2) is 4.98 Å². The van der Waals surface area contributed by atoms with E-state index >= 15 is 0 Å². The van der Waals surface area contributed by atoms with Crippen molar-refractivity contribution in [2.24, 2.45) is 0 Å². The van der Waals surface area contributed by atoms with Crippen molar-refractivity contribution in [3.05, 3.63) is 186 Å². The molecule has 1 heteroatoms. The molecule has 0 N–H and O–H groups in total. The first kappa shape index (κ1) is 33.6. The van der Waals surface area contributed by atoms with Gasteiger partial charge in [-0.2, -0.15) is 0 Å². The Morgan fingerprint density at radius 1 is 0.288 bits per heavy atom. The van der Waals surface area contributed by atoms with Crippen LogP contribution in [0.5, 0.6) is 0 Å². The summed E-state index contributed by atoms with van der Waals surface area (Å²) in [5.41, 5.74) is 10.6. The Labute approximate surface area is 309 Å². The van der Waals surface area contributed by atoms with Gasteiger partial charge in [0.15, 0.2) is 0 Å². The summed E-state index contributed by atoms with van der Waals surface area (Å²) in [6.45, 7) is 0. The average molecular weight is 674 g/mol. The number of nitrogens with zero attached hydrogens (tertiary/aromatic N) is 1. The molecule has 0 amide bonds. The van der Waals surface area contributed by atoms with Crippen LogP contribution in [0.3, 0.4) is 0 Å². The van der Waals surface area contributed by atoms with E-state index in [0.717, 1.165) is 36.9 Å². The second-order valence-corrected chi connectivity index (χ2v) is 14.4. The van der Waals surface area contributed by atoms with Crippen LogP contribution < -0.4 is 0 Å². The van der Waals surface area contributed by atoms with E-state index in [0.29, 0.717) is 0 Å². The maximum atomic E-state index is 5.06. The van der Waals surface area contributed by atoms with Gasteiger partial charge in [0.25, 0.3) is 0 Å². The van der Waals surface area contributed by atoms with Crippen molar-refractivity contribution in [3.8, 4) is 22.4 Å². The van der Waals surface area contributed by atoms with E-state index in [1.165, 1.54) is 104 Å². The SMILES string of the molecule is c1ccc(CCCCCc2cc(CCCCCc3ccccc3)cc(-c3cccc(-c4cc5c6ccccc6c6ccccc6c5cn4)c3)c2)cc1. The van der Waals surface area contributed by atoms with Crippen molar-refractivity contribution in [3.63, 3.8) is 0 Å². The van der Waals surface area contributed by atoms with Crippen LogP contribution in [0.2, 0.25) is 0 Å². The zero-order chi connectivity index (χ0) is 35.0. The fourth-order valence-electron chi connectivity index (χ4n) is 7.99. The van der Waals surface area contributed by atoms with Gasteiger partial charge in [-0.1, -0.05) is 158 Å². The van der Waals surface area contributed by atoms with Gasteiger partial charge in [-0.3, -0.25) is 4.98 Å². The minimum atomic E-state index is 1.02. The van der Waals surface area contributed by atoms with Gasteiger partial charge >= 0.3 is 0 Å². The molecule has 7 aromatic carbocycles. The molecule has 1 heterocycles. The third-order valence-corrected chi connectivity index (χ3v) is 10.7. The Morgan fingerprint density at radius 2 is 0.750 bits per heavy atom. The molecule has 0 aliphatic heterocycles. The summed E-state index contributed by atoms with van der Waals surface area (Å²) >= 11 is 0. The van der Waals surface area contributed by atoms with E-state index < -0.39 is 0 Å². The molecule has 8 aromatic rings. The zero-order valence-electron chi connectivity index (χ0n) is 30.1. The highest BCUT2D eigenvalue weighted by atomic mass is 14.7. The standard InChI is InChI=1S/C51H47N/c1-5-18-38(19-6-1)22-9-3-11-24-40-32-41(25-12-4-10-23-39-20-7-2-8-21-39)34-44(33-40)42-26-17-27-43(35-42)51-36-49-47-30-15-13-28-45(47)46-29-14-16-31-48(46)50(49)37-52-51/h1-2,5-8,13-21,26-37H,3-4,9-12,22-25H2. The molecule has 1 nitrogen and oxygen atoms in total. The van der Waals surface area contributed by atoms with Gasteiger partial charge in [0.05, 0.1) is 5.69 Å². The molecule has 0 fully saturated rings. The summed E-state index contributed by atoms with van der Waals surface area (Å²) < 4.78 is 0. The number of pyridine rings is 1. The number of hydrogen-bond donors (Lipinski definition) is 0. The summed E-state index contributed by atoms with van der Waals surface area (Å²) in [6.07, 6.45) is 14.1. The molecule has 0 bridgehead atoms. The summed E-state index contributed by atoms with van der Waals surface area (Å²) in [5, 5.41) is 7.58. The van der Waals surface area contributed by atoms with Gasteiger partial charge in [-0.25, -0.2) is 0 Å². The summed E-state index contributed by atoms with van der Waals surface area (Å²) in [7, 11) is 0. The number of hydrogen-bond acceptors (Lipinski definition) is 1. The van der Waals surface area contributed by atoms with Crippen LogP contribution in [0.4, 0.5) is 0 Å². The largest absolute Gasteiger partial charge is 0.256 e. The van der Waals surface area contributed by atoms with E-state index in [-0.39, 0.29) is 0 Å². The predicted molar refractivity (Wildman–Crippen MR) is 223 cm³/mol. The first-order valence-corrected chi connectivity index (χ1v) is 19.3. The molecule has 256 valence electrons. The lowest BCUT2D eigenvalue weighted by Crippen LogP contribution is -1.95. The molecule has 52 heavy (non-hydrogen) atoms. The quantitative estimate of drug-likeness (QED) is 0.0827. The van der Waals surface area contributed by atoms with Gasteiger partial charge in [0.1, 0.15) is 0 Å². The van der Waals surface area contributed by atoms with Crippen molar-refractivity contribution < 1.29 is 0 Å². The second-order valence-electron chi connectivity index (χ2n) is 14.4. The van der Waals surface area contributed by atoms with Crippen molar-refractivity contribution in [1.29, 1.82) is 0 Å². The molecule has 0 aliphatic carbocycles. The van der Waals surface area contributed by atoms with E-state index in [1.807, 2.05) is 0 Å². The molecule has 1 aromatic heterocycles. The number of benzene rings is 7. The van der Waals surface area contributed by atoms with E-state index in [2.05, 4.69) is 164 Å². The number of aromatic nitrogens is 1. The van der Waals surface area contributed by atoms with Gasteiger partial charge in [-0.05, 0) is 124 Å². The lowest BCUT2D eigenvalue weighted by atomic mass is 9.92. The van der Waals surface area contributed by atoms with Crippen molar-refractivity contribution in [2.45, 2.75) is 64.2 Å². The first-order valence-electron chi connectivity index (χ1n) is 19.3. The van der Waals surface area contributed by atoms with Crippen LogP contribution in [0.15, 0.2) is 164 Å². The van der Waals surface area contributed by atoms with Gasteiger partial charge in [-0.15, -0.1) is 0 Å². The molecular weight excluding hydrogens is 627 g/mol. The zero-order valence-corrected chi connectivity index (χ0v) is 30.1. The fourth-order valence-corrected chi connectivity index (χ4v) is 7.99. The van der Waals surface area contributed by atoms with Gasteiger partial charge in [0, 0.05) is 17.1 Å². The molecule has 0 radical (unpaired) electrons. The number of rotatable bonds is 14. The lowest BCUT2D eigenvalue weighted by Gasteiger charge is -2.13. The molecule has 0 saturated carbocycles. The Hall–Kier alpha value is -5.53. The van der Waals surface area contributed by atoms with Gasteiger partial charge in [0.2, 0.25) is 0 Å². The van der Waals surface area contributed by atoms with Crippen LogP contribution in [0.1, 0.15) is 60.8 Å². The van der Waals surface area contributed by atoms with Crippen molar-refractivity contribution >= 4 is 32.3 Å². The molecule has 0 atom stereocenters. The van der Waals surface area contributed by atoms with E-state index in [4.69, 9.17) is 4.98 Å². The Kier molecular flexibility index (Phi) is 10.5. The highest BCUT2D eigenvalue weighted by molar-refractivity contribution is 6.25. The fraction of sp³-hybridized carbons (Fsp3) is 0.196. The van der Waals surface area contributed by atoms with Crippen LogP contribution in [-0.2, 0) is 25.7 Å². The minimum Gasteiger partial charge on any atom is -0.256 e. The van der Waals surface area contributed by atoms with Crippen molar-refractivity contribution in [2.75, 3.05) is 0 Å². The maximum Gasteiger partial charge on any atom is 0.0708 e. The molecule has 0 saturated heterocycles. The third kappa shape index (κ3) is 7.85. The lowest BCUT2D eigenvalue weighted by molar-refractivity contribution is 0.672. The summed E-state index contributed by atoms with van der Waals surface area (Å²) in [5.74, 6) is 0. The van der Waals surface area contributed by atoms with Crippen LogP contribution >= 0.6 is 0 Å². The Balaban J connectivity index is 1.05. The molecule has 0 spiro atoms. The molecule has 8 rings (SSSR count). The maximum absolute atomic E-state index is 5.06. The number of unbranched alkanes of at least 4 members (excludes halogenated alkanes) is 4. The number of fused-ring (bicyclic) bond motifs is 6. The van der Waals surface area contributed by atoms with Crippen LogP contribution in [0, 0.1) is 0 Å². The smallest absolute Gasteiger partial charge is 0.0708 e. The summed E-state index contributed by atoms with van der Waals surface area (Å²) in [6, 6.07) is 58.0. The topological polar surface area (TPSA) is 12.9 Å². The second kappa shape index (κ2) is 16.2. The minimum absolute atomic E-state index is 1.02. The molecule has 0 unspecified atom stereocenters. The average Bonchev–Trinajstić information content (AvgIpc) is 3.21. The Bertz CT molecular complexity index is 2300. The highest BCUT2D eigenvalue weighted by Gasteiger charge is 2.12. The molecule has 0 aliphatic rings. The monoisotopic (exact) mass is 673 g/mol. The van der Waals surface area contributed by atoms with Crippen LogP contribution in [0.25, 0.3) is 54.7 Å².